The summed E-state index contributed by atoms with van der Waals surface area (Å²) in [6.07, 6.45) is 1.77. The first kappa shape index (κ1) is 4.44. The van der Waals surface area contributed by atoms with E-state index in [0.29, 0.717) is 5.56 Å². The van der Waals surface area contributed by atoms with Gasteiger partial charge in [0.1, 0.15) is 5.38 Å². The molecule has 2 heteroatoms. The molecule has 1 aromatic rings. The molecule has 0 unspecified atom stereocenters. The van der Waals surface area contributed by atoms with Crippen LogP contribution in [-0.2, 0) is 4.79 Å². The van der Waals surface area contributed by atoms with Crippen LogP contribution in [0.2, 0.25) is 0 Å². The number of hydrogen-bond acceptors (Lipinski definition) is 2. The van der Waals surface area contributed by atoms with Crippen LogP contribution in [0.1, 0.15) is 5.56 Å². The Balaban J connectivity index is 2.96. The van der Waals surface area contributed by atoms with Gasteiger partial charge in [-0.25, -0.2) is 0 Å². The van der Waals surface area contributed by atoms with E-state index in [1.54, 1.807) is 17.7 Å². The van der Waals surface area contributed by atoms with E-state index in [9.17, 15) is 4.79 Å². The summed E-state index contributed by atoms with van der Waals surface area (Å²) in [4.78, 5) is 9.75. The molecule has 0 atom stereocenters. The number of thiophene rings is 1. The van der Waals surface area contributed by atoms with Gasteiger partial charge in [0.25, 0.3) is 0 Å². The second-order valence-corrected chi connectivity index (χ2v) is 1.89. The maximum absolute atomic E-state index is 9.75. The molecular formula is C5H3OS+. The highest BCUT2D eigenvalue weighted by atomic mass is 32.1. The molecule has 1 aromatic heterocycles. The second kappa shape index (κ2) is 1.82. The van der Waals surface area contributed by atoms with Crippen LogP contribution < -0.4 is 0 Å². The number of rotatable bonds is 1. The number of hydrogen-bond donors (Lipinski definition) is 0. The molecule has 0 amide bonds. The summed E-state index contributed by atoms with van der Waals surface area (Å²) in [6, 6.07) is 1.73. The van der Waals surface area contributed by atoms with Crippen LogP contribution in [0, 0.1) is 0 Å². The van der Waals surface area contributed by atoms with Crippen molar-refractivity contribution in [3.05, 3.63) is 22.4 Å². The van der Waals surface area contributed by atoms with Crippen molar-refractivity contribution in [1.29, 1.82) is 0 Å². The van der Waals surface area contributed by atoms with Crippen molar-refractivity contribution in [3.63, 3.8) is 0 Å². The lowest BCUT2D eigenvalue weighted by atomic mass is 10.4. The predicted octanol–water partition coefficient (Wildman–Crippen LogP) is 1.21. The van der Waals surface area contributed by atoms with Gasteiger partial charge >= 0.3 is 6.29 Å². The van der Waals surface area contributed by atoms with Crippen LogP contribution in [0.5, 0.6) is 0 Å². The molecule has 34 valence electrons. The van der Waals surface area contributed by atoms with Crippen LogP contribution in [-0.4, -0.2) is 6.29 Å². The molecule has 0 bridgehead atoms. The zero-order valence-electron chi connectivity index (χ0n) is 3.55. The zero-order chi connectivity index (χ0) is 5.11. The molecule has 0 saturated carbocycles. The lowest BCUT2D eigenvalue weighted by molar-refractivity contribution is 0.563. The third-order valence-corrected chi connectivity index (χ3v) is 1.32. The first-order valence-electron chi connectivity index (χ1n) is 1.84. The fourth-order valence-corrected chi connectivity index (χ4v) is 0.900. The molecule has 1 rings (SSSR count). The Labute approximate surface area is 45.6 Å². The molecule has 1 nitrogen and oxygen atoms in total. The maximum atomic E-state index is 9.75. The Hall–Kier alpha value is -0.720. The van der Waals surface area contributed by atoms with E-state index in [1.807, 2.05) is 5.38 Å². The Morgan fingerprint density at radius 3 is 2.86 bits per heavy atom. The molecule has 0 saturated heterocycles. The van der Waals surface area contributed by atoms with Gasteiger partial charge in [-0.3, -0.25) is 0 Å². The van der Waals surface area contributed by atoms with Crippen molar-refractivity contribution in [2.75, 3.05) is 0 Å². The van der Waals surface area contributed by atoms with E-state index >= 15 is 0 Å². The molecule has 0 aromatic carbocycles. The van der Waals surface area contributed by atoms with Crippen molar-refractivity contribution < 1.29 is 4.79 Å². The largest absolute Gasteiger partial charge is 0.304 e. The Bertz CT molecular complexity index is 143. The molecule has 0 N–H and O–H groups in total. The third kappa shape index (κ3) is 0.829. The summed E-state index contributed by atoms with van der Waals surface area (Å²) in [7, 11) is 0. The Kier molecular flexibility index (Phi) is 1.16. The van der Waals surface area contributed by atoms with Gasteiger partial charge in [-0.15, -0.1) is 4.79 Å². The van der Waals surface area contributed by atoms with Gasteiger partial charge in [-0.1, -0.05) is 11.3 Å². The molecule has 0 aliphatic carbocycles. The van der Waals surface area contributed by atoms with Gasteiger partial charge in [0.2, 0.25) is 5.56 Å². The standard InChI is InChI=1S/C5H3OS/c6-3-5-1-2-7-4-5/h1-2,4H/q+1. The van der Waals surface area contributed by atoms with Crippen LogP contribution in [0.15, 0.2) is 16.8 Å². The van der Waals surface area contributed by atoms with Crippen LogP contribution >= 0.6 is 11.3 Å². The van der Waals surface area contributed by atoms with E-state index in [2.05, 4.69) is 0 Å². The average molecular weight is 111 g/mol. The summed E-state index contributed by atoms with van der Waals surface area (Å²) >= 11 is 1.50. The van der Waals surface area contributed by atoms with E-state index in [1.165, 1.54) is 11.3 Å². The minimum atomic E-state index is 0.644. The van der Waals surface area contributed by atoms with Crippen molar-refractivity contribution in [2.45, 2.75) is 0 Å². The van der Waals surface area contributed by atoms with E-state index in [0.717, 1.165) is 0 Å². The molecule has 0 aliphatic rings. The van der Waals surface area contributed by atoms with Gasteiger partial charge in [0.15, 0.2) is 0 Å². The van der Waals surface area contributed by atoms with Crippen molar-refractivity contribution in [1.82, 2.24) is 0 Å². The normalized spacial score (nSPS) is 8.00. The van der Waals surface area contributed by atoms with Gasteiger partial charge in [0, 0.05) is 0 Å². The van der Waals surface area contributed by atoms with Crippen molar-refractivity contribution in [3.8, 4) is 0 Å². The topological polar surface area (TPSA) is 17.1 Å². The minimum Gasteiger partial charge on any atom is -0.141 e. The highest BCUT2D eigenvalue weighted by molar-refractivity contribution is 7.08. The van der Waals surface area contributed by atoms with Crippen molar-refractivity contribution >= 4 is 17.6 Å². The molecule has 0 radical (unpaired) electrons. The van der Waals surface area contributed by atoms with Crippen molar-refractivity contribution in [2.24, 2.45) is 0 Å². The molecule has 0 aliphatic heterocycles. The molecule has 7 heavy (non-hydrogen) atoms. The van der Waals surface area contributed by atoms with Crippen LogP contribution in [0.25, 0.3) is 0 Å². The average Bonchev–Trinajstić information content (AvgIpc) is 2.14. The van der Waals surface area contributed by atoms with Crippen LogP contribution in [0.3, 0.4) is 0 Å². The van der Waals surface area contributed by atoms with Gasteiger partial charge < -0.3 is 0 Å². The predicted molar refractivity (Wildman–Crippen MR) is 29.1 cm³/mol. The van der Waals surface area contributed by atoms with Gasteiger partial charge in [0.05, 0.1) is 11.4 Å². The molecule has 1 heterocycles. The molecule has 0 fully saturated rings. The number of carbonyl (C=O) groups excluding carboxylic acids is 1. The van der Waals surface area contributed by atoms with E-state index in [4.69, 9.17) is 0 Å². The molecule has 0 spiro atoms. The fraction of sp³-hybridized carbons (Fsp3) is 0. The van der Waals surface area contributed by atoms with Gasteiger partial charge in [-0.2, -0.15) is 0 Å². The Morgan fingerprint density at radius 1 is 1.71 bits per heavy atom. The molecular weight excluding hydrogens is 108 g/mol. The smallest absolute Gasteiger partial charge is 0.141 e. The maximum Gasteiger partial charge on any atom is 0.304 e. The summed E-state index contributed by atoms with van der Waals surface area (Å²) in [6.45, 7) is 0. The fourth-order valence-electron chi connectivity index (χ4n) is 0.323. The lowest BCUT2D eigenvalue weighted by Crippen LogP contribution is -1.66. The zero-order valence-corrected chi connectivity index (χ0v) is 4.37. The highest BCUT2D eigenvalue weighted by Crippen LogP contribution is 2.00. The van der Waals surface area contributed by atoms with E-state index < -0.39 is 0 Å². The third-order valence-electron chi connectivity index (χ3n) is 0.639. The summed E-state index contributed by atoms with van der Waals surface area (Å²) < 4.78 is 0. The Morgan fingerprint density at radius 2 is 2.57 bits per heavy atom. The minimum absolute atomic E-state index is 0.644. The second-order valence-electron chi connectivity index (χ2n) is 1.11. The van der Waals surface area contributed by atoms with Crippen LogP contribution in [0.4, 0.5) is 0 Å². The van der Waals surface area contributed by atoms with Gasteiger partial charge in [-0.05, 0) is 0 Å². The monoisotopic (exact) mass is 111 g/mol. The summed E-state index contributed by atoms with van der Waals surface area (Å²) in [5, 5.41) is 3.60. The highest BCUT2D eigenvalue weighted by Gasteiger charge is 1.97. The first-order chi connectivity index (χ1) is 3.43. The summed E-state index contributed by atoms with van der Waals surface area (Å²) in [5.74, 6) is 0. The SMILES string of the molecule is O=[C+]c1ccsc1. The quantitative estimate of drug-likeness (QED) is 0.498. The first-order valence-corrected chi connectivity index (χ1v) is 2.78. The van der Waals surface area contributed by atoms with E-state index in [-0.39, 0.29) is 0 Å². The summed E-state index contributed by atoms with van der Waals surface area (Å²) in [5.41, 5.74) is 0.644. The lowest BCUT2D eigenvalue weighted by Gasteiger charge is -1.49.